The Bertz CT molecular complexity index is 737. The molecule has 5 nitrogen and oxygen atoms in total. The second kappa shape index (κ2) is 8.78. The summed E-state index contributed by atoms with van der Waals surface area (Å²) in [6.45, 7) is 1.86. The molecule has 0 saturated carbocycles. The molecule has 0 bridgehead atoms. The lowest BCUT2D eigenvalue weighted by Crippen LogP contribution is -2.20. The molecule has 0 saturated heterocycles. The van der Waals surface area contributed by atoms with Crippen LogP contribution >= 0.6 is 0 Å². The molecule has 2 aromatic carbocycles. The average molecular weight is 340 g/mol. The van der Waals surface area contributed by atoms with E-state index in [1.807, 2.05) is 74.5 Å². The first-order chi connectivity index (χ1) is 12.0. The van der Waals surface area contributed by atoms with Crippen LogP contribution in [0.4, 0.5) is 11.4 Å². The molecule has 0 fully saturated rings. The predicted octanol–water partition coefficient (Wildman–Crippen LogP) is 3.81. The van der Waals surface area contributed by atoms with Gasteiger partial charge in [-0.15, -0.1) is 0 Å². The van der Waals surface area contributed by atoms with Crippen molar-refractivity contribution in [2.24, 2.45) is 0 Å². The number of amides is 1. The number of methoxy groups -OCH3 is 1. The molecule has 1 amide bonds. The van der Waals surface area contributed by atoms with E-state index >= 15 is 0 Å². The monoisotopic (exact) mass is 340 g/mol. The zero-order chi connectivity index (χ0) is 18.2. The van der Waals surface area contributed by atoms with E-state index in [1.165, 1.54) is 0 Å². The second-order valence-electron chi connectivity index (χ2n) is 5.69. The number of rotatable bonds is 7. The van der Waals surface area contributed by atoms with E-state index in [4.69, 9.17) is 9.47 Å². The molecule has 0 radical (unpaired) electrons. The van der Waals surface area contributed by atoms with Crippen molar-refractivity contribution >= 4 is 23.4 Å². The van der Waals surface area contributed by atoms with Crippen LogP contribution in [0.3, 0.4) is 0 Å². The molecule has 0 aliphatic carbocycles. The summed E-state index contributed by atoms with van der Waals surface area (Å²) in [6, 6.07) is 13.2. The molecule has 2 aromatic rings. The van der Waals surface area contributed by atoms with Crippen molar-refractivity contribution in [2.45, 2.75) is 6.92 Å². The highest BCUT2D eigenvalue weighted by Crippen LogP contribution is 2.28. The minimum absolute atomic E-state index is 0.0885. The summed E-state index contributed by atoms with van der Waals surface area (Å²) in [5.41, 5.74) is 2.81. The first-order valence-electron chi connectivity index (χ1n) is 8.04. The molecule has 25 heavy (non-hydrogen) atoms. The standard InChI is InChI=1S/C20H24N2O3/c1-5-6-15-7-12-18(19(13-15)24-4)25-14-20(23)21-16-8-10-17(11-9-16)22(2)3/h5-13H,14H2,1-4H3,(H,21,23)/b6-5+. The highest BCUT2D eigenvalue weighted by Gasteiger charge is 2.08. The first kappa shape index (κ1) is 18.4. The number of allylic oxidation sites excluding steroid dienone is 1. The van der Waals surface area contributed by atoms with Crippen LogP contribution in [0.5, 0.6) is 11.5 Å². The van der Waals surface area contributed by atoms with Crippen molar-refractivity contribution < 1.29 is 14.3 Å². The van der Waals surface area contributed by atoms with Crippen LogP contribution in [0.25, 0.3) is 6.08 Å². The summed E-state index contributed by atoms with van der Waals surface area (Å²) in [4.78, 5) is 14.1. The van der Waals surface area contributed by atoms with Crippen molar-refractivity contribution in [2.75, 3.05) is 38.0 Å². The van der Waals surface area contributed by atoms with Crippen molar-refractivity contribution in [3.8, 4) is 11.5 Å². The van der Waals surface area contributed by atoms with Crippen LogP contribution in [0.2, 0.25) is 0 Å². The van der Waals surface area contributed by atoms with E-state index in [1.54, 1.807) is 13.2 Å². The van der Waals surface area contributed by atoms with Gasteiger partial charge in [-0.05, 0) is 48.9 Å². The Labute approximate surface area is 148 Å². The zero-order valence-electron chi connectivity index (χ0n) is 15.1. The van der Waals surface area contributed by atoms with Gasteiger partial charge >= 0.3 is 0 Å². The maximum Gasteiger partial charge on any atom is 0.262 e. The fourth-order valence-electron chi connectivity index (χ4n) is 2.28. The van der Waals surface area contributed by atoms with Gasteiger partial charge in [-0.1, -0.05) is 18.2 Å². The van der Waals surface area contributed by atoms with Crippen LogP contribution in [0.15, 0.2) is 48.5 Å². The summed E-state index contributed by atoms with van der Waals surface area (Å²) < 4.78 is 10.9. The van der Waals surface area contributed by atoms with Gasteiger partial charge < -0.3 is 19.7 Å². The summed E-state index contributed by atoms with van der Waals surface area (Å²) in [6.07, 6.45) is 3.92. The number of carbonyl (C=O) groups is 1. The number of anilines is 2. The third-order valence-electron chi connectivity index (χ3n) is 3.57. The van der Waals surface area contributed by atoms with Gasteiger partial charge in [0.15, 0.2) is 18.1 Å². The predicted molar refractivity (Wildman–Crippen MR) is 103 cm³/mol. The van der Waals surface area contributed by atoms with Crippen molar-refractivity contribution in [3.05, 3.63) is 54.1 Å². The van der Waals surface area contributed by atoms with Crippen molar-refractivity contribution in [1.82, 2.24) is 0 Å². The van der Waals surface area contributed by atoms with E-state index < -0.39 is 0 Å². The molecule has 0 aromatic heterocycles. The maximum absolute atomic E-state index is 12.1. The smallest absolute Gasteiger partial charge is 0.262 e. The van der Waals surface area contributed by atoms with E-state index in [9.17, 15) is 4.79 Å². The summed E-state index contributed by atoms with van der Waals surface area (Å²) in [5.74, 6) is 0.907. The lowest BCUT2D eigenvalue weighted by Gasteiger charge is -2.14. The number of ether oxygens (including phenoxy) is 2. The lowest BCUT2D eigenvalue weighted by molar-refractivity contribution is -0.118. The van der Waals surface area contributed by atoms with Gasteiger partial charge in [-0.2, -0.15) is 0 Å². The van der Waals surface area contributed by atoms with E-state index in [-0.39, 0.29) is 12.5 Å². The van der Waals surface area contributed by atoms with Crippen molar-refractivity contribution in [1.29, 1.82) is 0 Å². The van der Waals surface area contributed by atoms with E-state index in [2.05, 4.69) is 5.32 Å². The quantitative estimate of drug-likeness (QED) is 0.833. The Kier molecular flexibility index (Phi) is 6.46. The number of nitrogens with one attached hydrogen (secondary N) is 1. The Morgan fingerprint density at radius 1 is 1.12 bits per heavy atom. The zero-order valence-corrected chi connectivity index (χ0v) is 15.1. The Morgan fingerprint density at radius 3 is 2.44 bits per heavy atom. The van der Waals surface area contributed by atoms with Gasteiger partial charge in [-0.25, -0.2) is 0 Å². The largest absolute Gasteiger partial charge is 0.493 e. The second-order valence-corrected chi connectivity index (χ2v) is 5.69. The molecule has 132 valence electrons. The SMILES string of the molecule is C/C=C/c1ccc(OCC(=O)Nc2ccc(N(C)C)cc2)c(OC)c1. The molecule has 0 aliphatic rings. The number of hydrogen-bond donors (Lipinski definition) is 1. The third kappa shape index (κ3) is 5.28. The van der Waals surface area contributed by atoms with Crippen LogP contribution in [-0.2, 0) is 4.79 Å². The van der Waals surface area contributed by atoms with Crippen LogP contribution in [0.1, 0.15) is 12.5 Å². The van der Waals surface area contributed by atoms with Gasteiger partial charge in [0.2, 0.25) is 0 Å². The normalized spacial score (nSPS) is 10.6. The van der Waals surface area contributed by atoms with Gasteiger partial charge in [0.1, 0.15) is 0 Å². The molecule has 5 heteroatoms. The molecule has 0 spiro atoms. The lowest BCUT2D eigenvalue weighted by atomic mass is 10.2. The molecule has 0 heterocycles. The Morgan fingerprint density at radius 2 is 1.84 bits per heavy atom. The highest BCUT2D eigenvalue weighted by molar-refractivity contribution is 5.92. The fraction of sp³-hybridized carbons (Fsp3) is 0.250. The Hall–Kier alpha value is -2.95. The van der Waals surface area contributed by atoms with E-state index in [0.717, 1.165) is 16.9 Å². The molecule has 1 N–H and O–H groups in total. The van der Waals surface area contributed by atoms with E-state index in [0.29, 0.717) is 11.5 Å². The van der Waals surface area contributed by atoms with Crippen molar-refractivity contribution in [3.63, 3.8) is 0 Å². The van der Waals surface area contributed by atoms with Gasteiger partial charge in [-0.3, -0.25) is 4.79 Å². The molecular weight excluding hydrogens is 316 g/mol. The molecule has 0 aliphatic heterocycles. The van der Waals surface area contributed by atoms with Crippen LogP contribution in [0, 0.1) is 0 Å². The van der Waals surface area contributed by atoms with Crippen LogP contribution in [-0.4, -0.2) is 33.7 Å². The van der Waals surface area contributed by atoms with Gasteiger partial charge in [0.05, 0.1) is 7.11 Å². The number of nitrogens with zero attached hydrogens (tertiary/aromatic N) is 1. The molecular formula is C20H24N2O3. The Balaban J connectivity index is 1.95. The number of hydrogen-bond acceptors (Lipinski definition) is 4. The minimum atomic E-state index is -0.225. The molecule has 2 rings (SSSR count). The summed E-state index contributed by atoms with van der Waals surface area (Å²) >= 11 is 0. The molecule has 0 atom stereocenters. The highest BCUT2D eigenvalue weighted by atomic mass is 16.5. The number of benzene rings is 2. The first-order valence-corrected chi connectivity index (χ1v) is 8.04. The summed E-state index contributed by atoms with van der Waals surface area (Å²) in [7, 11) is 5.51. The fourth-order valence-corrected chi connectivity index (χ4v) is 2.28. The third-order valence-corrected chi connectivity index (χ3v) is 3.57. The van der Waals surface area contributed by atoms with Crippen LogP contribution < -0.4 is 19.7 Å². The maximum atomic E-state index is 12.1. The number of carbonyl (C=O) groups excluding carboxylic acids is 1. The summed E-state index contributed by atoms with van der Waals surface area (Å²) in [5, 5.41) is 2.81. The van der Waals surface area contributed by atoms with Gasteiger partial charge in [0.25, 0.3) is 5.91 Å². The minimum Gasteiger partial charge on any atom is -0.493 e. The topological polar surface area (TPSA) is 50.8 Å². The molecule has 0 unspecified atom stereocenters. The average Bonchev–Trinajstić information content (AvgIpc) is 2.61. The van der Waals surface area contributed by atoms with Gasteiger partial charge in [0, 0.05) is 25.5 Å².